The largest absolute Gasteiger partial charge is 0.396 e. The van der Waals surface area contributed by atoms with Crippen LogP contribution in [0.25, 0.3) is 0 Å². The van der Waals surface area contributed by atoms with Crippen LogP contribution in [0.4, 0.5) is 5.69 Å². The molecule has 2 aliphatic rings. The average Bonchev–Trinajstić information content (AvgIpc) is 2.52. The van der Waals surface area contributed by atoms with Crippen LogP contribution in [-0.4, -0.2) is 23.2 Å². The van der Waals surface area contributed by atoms with E-state index in [-0.39, 0.29) is 29.7 Å². The number of hydrogen-bond acceptors (Lipinski definition) is 4. The van der Waals surface area contributed by atoms with Crippen molar-refractivity contribution in [1.82, 2.24) is 0 Å². The molecule has 1 aromatic carbocycles. The van der Waals surface area contributed by atoms with Gasteiger partial charge >= 0.3 is 0 Å². The number of nitro groups is 1. The lowest BCUT2D eigenvalue weighted by atomic mass is 9.67. The molecule has 5 nitrogen and oxygen atoms in total. The Balaban J connectivity index is 1.88. The number of aliphatic hydroxyl groups excluding tert-OH is 1. The minimum Gasteiger partial charge on any atom is -0.396 e. The highest BCUT2D eigenvalue weighted by atomic mass is 16.6. The lowest BCUT2D eigenvalue weighted by molar-refractivity contribution is -0.384. The minimum absolute atomic E-state index is 0.0815. The molecule has 0 unspecified atom stereocenters. The van der Waals surface area contributed by atoms with Gasteiger partial charge in [-0.2, -0.15) is 0 Å². The zero-order valence-electron chi connectivity index (χ0n) is 12.0. The molecular formula is C16H19NO4. The van der Waals surface area contributed by atoms with E-state index >= 15 is 0 Å². The van der Waals surface area contributed by atoms with Gasteiger partial charge in [-0.3, -0.25) is 10.1 Å². The first kappa shape index (κ1) is 14.2. The van der Waals surface area contributed by atoms with Gasteiger partial charge in [0.1, 0.15) is 0 Å². The van der Waals surface area contributed by atoms with E-state index in [4.69, 9.17) is 4.74 Å². The molecule has 1 fully saturated rings. The summed E-state index contributed by atoms with van der Waals surface area (Å²) in [6, 6.07) is 6.59. The third-order valence-corrected chi connectivity index (χ3v) is 4.80. The summed E-state index contributed by atoms with van der Waals surface area (Å²) in [6.07, 6.45) is 3.89. The Morgan fingerprint density at radius 2 is 2.14 bits per heavy atom. The number of fused-ring (bicyclic) bond motifs is 2. The number of ether oxygens (including phenoxy) is 1. The summed E-state index contributed by atoms with van der Waals surface area (Å²) in [5, 5.41) is 20.4. The van der Waals surface area contributed by atoms with Crippen LogP contribution in [0.3, 0.4) is 0 Å². The fourth-order valence-corrected chi connectivity index (χ4v) is 3.38. The summed E-state index contributed by atoms with van der Waals surface area (Å²) in [5.41, 5.74) is 2.19. The first-order chi connectivity index (χ1) is 10.0. The van der Waals surface area contributed by atoms with Crippen molar-refractivity contribution in [2.24, 2.45) is 11.3 Å². The molecule has 1 saturated heterocycles. The second kappa shape index (κ2) is 5.24. The lowest BCUT2D eigenvalue weighted by Crippen LogP contribution is -2.43. The Kier molecular flexibility index (Phi) is 3.55. The molecule has 21 heavy (non-hydrogen) atoms. The van der Waals surface area contributed by atoms with E-state index in [9.17, 15) is 15.2 Å². The molecule has 1 aliphatic carbocycles. The number of rotatable bonds is 3. The first-order valence-electron chi connectivity index (χ1n) is 7.18. The van der Waals surface area contributed by atoms with Crippen LogP contribution in [0.15, 0.2) is 35.9 Å². The molecule has 1 N–H and O–H groups in total. The number of hydrogen-bond donors (Lipinski definition) is 1. The van der Waals surface area contributed by atoms with Crippen LogP contribution < -0.4 is 0 Å². The Morgan fingerprint density at radius 3 is 2.76 bits per heavy atom. The standard InChI is InChI=1S/C16H19NO4/c1-11-6-7-16(9-18)8-14(11)15(21-10-16)12-2-4-13(5-3-12)17(19)20/h2-6,14-15,18H,7-10H2,1H3/t14-,15+,16-/m1/s1. The first-order valence-corrected chi connectivity index (χ1v) is 7.18. The van der Waals surface area contributed by atoms with Crippen molar-refractivity contribution in [3.63, 3.8) is 0 Å². The highest BCUT2D eigenvalue weighted by Crippen LogP contribution is 2.50. The third kappa shape index (κ3) is 2.47. The van der Waals surface area contributed by atoms with Crippen molar-refractivity contribution in [1.29, 1.82) is 0 Å². The quantitative estimate of drug-likeness (QED) is 0.527. The second-order valence-electron chi connectivity index (χ2n) is 6.20. The number of allylic oxidation sites excluding steroid dienone is 1. The van der Waals surface area contributed by atoms with E-state index in [2.05, 4.69) is 13.0 Å². The van der Waals surface area contributed by atoms with Crippen LogP contribution in [0.2, 0.25) is 0 Å². The van der Waals surface area contributed by atoms with E-state index < -0.39 is 4.92 Å². The van der Waals surface area contributed by atoms with Crippen molar-refractivity contribution in [3.05, 3.63) is 51.6 Å². The van der Waals surface area contributed by atoms with Gasteiger partial charge in [-0.25, -0.2) is 0 Å². The summed E-state index contributed by atoms with van der Waals surface area (Å²) >= 11 is 0. The maximum Gasteiger partial charge on any atom is 0.269 e. The molecule has 0 radical (unpaired) electrons. The van der Waals surface area contributed by atoms with E-state index in [0.29, 0.717) is 6.61 Å². The number of nitro benzene ring substituents is 1. The third-order valence-electron chi connectivity index (χ3n) is 4.80. The molecular weight excluding hydrogens is 270 g/mol. The number of benzene rings is 1. The molecule has 0 amide bonds. The maximum absolute atomic E-state index is 10.7. The summed E-state index contributed by atoms with van der Waals surface area (Å²) in [6.45, 7) is 2.77. The smallest absolute Gasteiger partial charge is 0.269 e. The average molecular weight is 289 g/mol. The van der Waals surface area contributed by atoms with Gasteiger partial charge in [-0.1, -0.05) is 11.6 Å². The van der Waals surface area contributed by atoms with Crippen LogP contribution in [0.5, 0.6) is 0 Å². The Morgan fingerprint density at radius 1 is 1.43 bits per heavy atom. The summed E-state index contributed by atoms with van der Waals surface area (Å²) in [7, 11) is 0. The zero-order chi connectivity index (χ0) is 15.0. The monoisotopic (exact) mass is 289 g/mol. The normalized spacial score (nSPS) is 31.6. The van der Waals surface area contributed by atoms with Gasteiger partial charge in [0.2, 0.25) is 0 Å². The molecule has 1 heterocycles. The molecule has 2 bridgehead atoms. The van der Waals surface area contributed by atoms with Gasteiger partial charge < -0.3 is 9.84 Å². The number of nitrogens with zero attached hydrogens (tertiary/aromatic N) is 1. The van der Waals surface area contributed by atoms with Crippen molar-refractivity contribution >= 4 is 5.69 Å². The fourth-order valence-electron chi connectivity index (χ4n) is 3.38. The van der Waals surface area contributed by atoms with Crippen LogP contribution in [0, 0.1) is 21.4 Å². The molecule has 5 heteroatoms. The Bertz CT molecular complexity index is 580. The lowest BCUT2D eigenvalue weighted by Gasteiger charge is -2.47. The van der Waals surface area contributed by atoms with Crippen LogP contribution >= 0.6 is 0 Å². The molecule has 3 rings (SSSR count). The van der Waals surface area contributed by atoms with Crippen LogP contribution in [0.1, 0.15) is 31.4 Å². The highest BCUT2D eigenvalue weighted by Gasteiger charge is 2.44. The molecule has 1 aliphatic heterocycles. The minimum atomic E-state index is -0.395. The van der Waals surface area contributed by atoms with Gasteiger partial charge in [0.05, 0.1) is 24.2 Å². The van der Waals surface area contributed by atoms with Gasteiger partial charge in [0, 0.05) is 23.5 Å². The SMILES string of the molecule is CC1=CC[C@@]2(CO)CO[C@@H](c3ccc([N+](=O)[O-])cc3)[C@@H]1C2. The predicted octanol–water partition coefficient (Wildman–Crippen LogP) is 3.00. The van der Waals surface area contributed by atoms with Gasteiger partial charge in [-0.15, -0.1) is 0 Å². The molecule has 0 saturated carbocycles. The van der Waals surface area contributed by atoms with Gasteiger partial charge in [0.25, 0.3) is 5.69 Å². The van der Waals surface area contributed by atoms with E-state index in [1.807, 2.05) is 0 Å². The summed E-state index contributed by atoms with van der Waals surface area (Å²) in [5.74, 6) is 0.237. The van der Waals surface area contributed by atoms with E-state index in [1.54, 1.807) is 12.1 Å². The Hall–Kier alpha value is -1.72. The number of non-ortho nitro benzene ring substituents is 1. The topological polar surface area (TPSA) is 72.6 Å². The molecule has 3 atom stereocenters. The highest BCUT2D eigenvalue weighted by molar-refractivity contribution is 5.35. The second-order valence-corrected chi connectivity index (χ2v) is 6.20. The van der Waals surface area contributed by atoms with Gasteiger partial charge in [0.15, 0.2) is 0 Å². The van der Waals surface area contributed by atoms with E-state index in [1.165, 1.54) is 17.7 Å². The van der Waals surface area contributed by atoms with Gasteiger partial charge in [-0.05, 0) is 37.5 Å². The zero-order valence-corrected chi connectivity index (χ0v) is 12.0. The van der Waals surface area contributed by atoms with Crippen molar-refractivity contribution in [2.45, 2.75) is 25.9 Å². The molecule has 0 spiro atoms. The maximum atomic E-state index is 10.7. The molecule has 112 valence electrons. The fraction of sp³-hybridized carbons (Fsp3) is 0.500. The Labute approximate surface area is 123 Å². The van der Waals surface area contributed by atoms with Crippen molar-refractivity contribution in [2.75, 3.05) is 13.2 Å². The summed E-state index contributed by atoms with van der Waals surface area (Å²) < 4.78 is 6.03. The van der Waals surface area contributed by atoms with Crippen LogP contribution in [-0.2, 0) is 4.74 Å². The molecule has 0 aromatic heterocycles. The van der Waals surface area contributed by atoms with Crippen molar-refractivity contribution in [3.8, 4) is 0 Å². The predicted molar refractivity (Wildman–Crippen MR) is 77.8 cm³/mol. The molecule has 1 aromatic rings. The number of aliphatic hydroxyl groups is 1. The summed E-state index contributed by atoms with van der Waals surface area (Å²) in [4.78, 5) is 10.3. The van der Waals surface area contributed by atoms with Crippen molar-refractivity contribution < 1.29 is 14.8 Å². The van der Waals surface area contributed by atoms with E-state index in [0.717, 1.165) is 18.4 Å².